The molecule has 25 heavy (non-hydrogen) atoms. The van der Waals surface area contributed by atoms with Crippen LogP contribution >= 0.6 is 0 Å². The van der Waals surface area contributed by atoms with E-state index in [4.69, 9.17) is 0 Å². The maximum Gasteiger partial charge on any atom is 0.317 e. The molecule has 2 aromatic carbocycles. The molecule has 2 aromatic rings. The first-order chi connectivity index (χ1) is 12.2. The summed E-state index contributed by atoms with van der Waals surface area (Å²) in [5, 5.41) is 5.93. The zero-order valence-corrected chi connectivity index (χ0v) is 14.0. The Hall–Kier alpha value is -2.82. The predicted octanol–water partition coefficient (Wildman–Crippen LogP) is 2.28. The summed E-state index contributed by atoms with van der Waals surface area (Å²) in [4.78, 5) is 26.6. The van der Waals surface area contributed by atoms with Crippen LogP contribution in [0.4, 0.5) is 4.79 Å². The lowest BCUT2D eigenvalue weighted by atomic mass is 9.86. The van der Waals surface area contributed by atoms with E-state index in [1.807, 2.05) is 35.2 Å². The molecule has 5 heteroatoms. The standard InChI is InChI=1S/C20H21N3O2/c24-19-16-8-4-7-15-10-12-23(17(13-22-19)18(15)16)20(25)21-11-9-14-5-2-1-3-6-14/h1-8,17H,9-13H2,(H,21,25)(H,22,24). The first-order valence-corrected chi connectivity index (χ1v) is 8.72. The molecule has 1 unspecified atom stereocenters. The van der Waals surface area contributed by atoms with Crippen LogP contribution in [-0.2, 0) is 12.8 Å². The van der Waals surface area contributed by atoms with E-state index >= 15 is 0 Å². The zero-order chi connectivity index (χ0) is 17.2. The van der Waals surface area contributed by atoms with Crippen molar-refractivity contribution < 1.29 is 9.59 Å². The zero-order valence-electron chi connectivity index (χ0n) is 14.0. The molecule has 4 rings (SSSR count). The number of carbonyl (C=O) groups is 2. The van der Waals surface area contributed by atoms with Crippen LogP contribution in [-0.4, -0.2) is 36.5 Å². The molecule has 0 bridgehead atoms. The smallest absolute Gasteiger partial charge is 0.317 e. The summed E-state index contributed by atoms with van der Waals surface area (Å²) in [7, 11) is 0. The second kappa shape index (κ2) is 6.59. The average Bonchev–Trinajstić information content (AvgIpc) is 2.65. The number of carbonyl (C=O) groups excluding carboxylic acids is 2. The molecule has 2 aliphatic heterocycles. The van der Waals surface area contributed by atoms with Crippen molar-refractivity contribution in [2.24, 2.45) is 0 Å². The highest BCUT2D eigenvalue weighted by Gasteiger charge is 2.36. The van der Waals surface area contributed by atoms with Crippen molar-refractivity contribution in [1.29, 1.82) is 0 Å². The summed E-state index contributed by atoms with van der Waals surface area (Å²) < 4.78 is 0. The minimum atomic E-state index is -0.0747. The van der Waals surface area contributed by atoms with Crippen LogP contribution in [0, 0.1) is 0 Å². The van der Waals surface area contributed by atoms with Gasteiger partial charge in [-0.15, -0.1) is 0 Å². The van der Waals surface area contributed by atoms with Crippen LogP contribution in [0.25, 0.3) is 0 Å². The molecule has 2 heterocycles. The SMILES string of the molecule is O=C1NCC2c3c(cccc31)CCN2C(=O)NCCc1ccccc1. The minimum Gasteiger partial charge on any atom is -0.350 e. The van der Waals surface area contributed by atoms with Crippen molar-refractivity contribution in [3.05, 3.63) is 70.8 Å². The summed E-state index contributed by atoms with van der Waals surface area (Å²) in [6.45, 7) is 1.76. The van der Waals surface area contributed by atoms with Crippen molar-refractivity contribution in [3.8, 4) is 0 Å². The number of nitrogens with zero attached hydrogens (tertiary/aromatic N) is 1. The molecule has 1 atom stereocenters. The van der Waals surface area contributed by atoms with Crippen LogP contribution in [0.15, 0.2) is 48.5 Å². The molecule has 2 N–H and O–H groups in total. The maximum absolute atomic E-state index is 12.7. The van der Waals surface area contributed by atoms with Gasteiger partial charge in [0, 0.05) is 25.2 Å². The van der Waals surface area contributed by atoms with Crippen LogP contribution in [0.5, 0.6) is 0 Å². The maximum atomic E-state index is 12.7. The molecule has 0 saturated heterocycles. The van der Waals surface area contributed by atoms with Gasteiger partial charge in [-0.05, 0) is 35.6 Å². The summed E-state index contributed by atoms with van der Waals surface area (Å²) in [6.07, 6.45) is 1.60. The number of urea groups is 1. The van der Waals surface area contributed by atoms with Gasteiger partial charge < -0.3 is 15.5 Å². The fourth-order valence-electron chi connectivity index (χ4n) is 3.78. The fraction of sp³-hybridized carbons (Fsp3) is 0.300. The summed E-state index contributed by atoms with van der Waals surface area (Å²) in [6, 6.07) is 15.8. The van der Waals surface area contributed by atoms with Gasteiger partial charge in [-0.3, -0.25) is 4.79 Å². The normalized spacial score (nSPS) is 18.3. The summed E-state index contributed by atoms with van der Waals surface area (Å²) in [5.41, 5.74) is 4.12. The van der Waals surface area contributed by atoms with E-state index in [1.165, 1.54) is 11.1 Å². The number of amides is 3. The van der Waals surface area contributed by atoms with Gasteiger partial charge in [0.1, 0.15) is 0 Å². The van der Waals surface area contributed by atoms with Gasteiger partial charge in [0.15, 0.2) is 0 Å². The first kappa shape index (κ1) is 15.7. The average molecular weight is 335 g/mol. The van der Waals surface area contributed by atoms with Crippen molar-refractivity contribution in [1.82, 2.24) is 15.5 Å². The summed E-state index contributed by atoms with van der Waals surface area (Å²) in [5.74, 6) is -0.0422. The number of hydrogen-bond acceptors (Lipinski definition) is 2. The lowest BCUT2D eigenvalue weighted by Gasteiger charge is -2.40. The van der Waals surface area contributed by atoms with E-state index < -0.39 is 0 Å². The highest BCUT2D eigenvalue weighted by Crippen LogP contribution is 2.34. The van der Waals surface area contributed by atoms with E-state index in [0.717, 1.165) is 18.4 Å². The van der Waals surface area contributed by atoms with Crippen molar-refractivity contribution in [3.63, 3.8) is 0 Å². The molecule has 0 fully saturated rings. The Morgan fingerprint density at radius 2 is 2.00 bits per heavy atom. The molecule has 0 aromatic heterocycles. The van der Waals surface area contributed by atoms with Crippen LogP contribution in [0.1, 0.15) is 33.1 Å². The van der Waals surface area contributed by atoms with Crippen molar-refractivity contribution in [2.75, 3.05) is 19.6 Å². The van der Waals surface area contributed by atoms with E-state index in [2.05, 4.69) is 28.8 Å². The molecule has 128 valence electrons. The third-order valence-corrected chi connectivity index (χ3v) is 5.02. The van der Waals surface area contributed by atoms with E-state index in [1.54, 1.807) is 0 Å². The second-order valence-electron chi connectivity index (χ2n) is 6.52. The molecular formula is C20H21N3O2. The molecular weight excluding hydrogens is 314 g/mol. The Balaban J connectivity index is 1.46. The van der Waals surface area contributed by atoms with Crippen LogP contribution in [0.2, 0.25) is 0 Å². The molecule has 5 nitrogen and oxygen atoms in total. The third kappa shape index (κ3) is 2.97. The lowest BCUT2D eigenvalue weighted by molar-refractivity contribution is 0.0907. The number of nitrogens with one attached hydrogen (secondary N) is 2. The highest BCUT2D eigenvalue weighted by atomic mass is 16.2. The van der Waals surface area contributed by atoms with E-state index in [0.29, 0.717) is 25.2 Å². The highest BCUT2D eigenvalue weighted by molar-refractivity contribution is 5.97. The fourth-order valence-corrected chi connectivity index (χ4v) is 3.78. The minimum absolute atomic E-state index is 0.0422. The monoisotopic (exact) mass is 335 g/mol. The largest absolute Gasteiger partial charge is 0.350 e. The molecule has 0 saturated carbocycles. The Bertz CT molecular complexity index is 804. The molecule has 0 aliphatic carbocycles. The molecule has 0 spiro atoms. The van der Waals surface area contributed by atoms with Gasteiger partial charge in [-0.1, -0.05) is 42.5 Å². The lowest BCUT2D eigenvalue weighted by Crippen LogP contribution is -2.52. The Kier molecular flexibility index (Phi) is 4.14. The Morgan fingerprint density at radius 1 is 1.16 bits per heavy atom. The molecule has 3 amide bonds. The molecule has 2 aliphatic rings. The third-order valence-electron chi connectivity index (χ3n) is 5.02. The van der Waals surface area contributed by atoms with E-state index in [-0.39, 0.29) is 18.0 Å². The van der Waals surface area contributed by atoms with Crippen molar-refractivity contribution in [2.45, 2.75) is 18.9 Å². The van der Waals surface area contributed by atoms with Gasteiger partial charge in [0.2, 0.25) is 0 Å². The van der Waals surface area contributed by atoms with Gasteiger partial charge in [0.05, 0.1) is 6.04 Å². The second-order valence-corrected chi connectivity index (χ2v) is 6.52. The Morgan fingerprint density at radius 3 is 2.84 bits per heavy atom. The number of hydrogen-bond donors (Lipinski definition) is 2. The molecule has 0 radical (unpaired) electrons. The predicted molar refractivity (Wildman–Crippen MR) is 95.5 cm³/mol. The van der Waals surface area contributed by atoms with Crippen molar-refractivity contribution >= 4 is 11.9 Å². The first-order valence-electron chi connectivity index (χ1n) is 8.72. The number of rotatable bonds is 3. The van der Waals surface area contributed by atoms with Crippen LogP contribution in [0.3, 0.4) is 0 Å². The van der Waals surface area contributed by atoms with Gasteiger partial charge in [-0.2, -0.15) is 0 Å². The summed E-state index contributed by atoms with van der Waals surface area (Å²) >= 11 is 0. The van der Waals surface area contributed by atoms with Crippen LogP contribution < -0.4 is 10.6 Å². The van der Waals surface area contributed by atoms with Gasteiger partial charge in [0.25, 0.3) is 5.91 Å². The topological polar surface area (TPSA) is 61.4 Å². The van der Waals surface area contributed by atoms with Gasteiger partial charge in [-0.25, -0.2) is 4.79 Å². The Labute approximate surface area is 147 Å². The van der Waals surface area contributed by atoms with Gasteiger partial charge >= 0.3 is 6.03 Å². The number of benzene rings is 2. The van der Waals surface area contributed by atoms with E-state index in [9.17, 15) is 9.59 Å². The quantitative estimate of drug-likeness (QED) is 0.904.